The molecule has 0 bridgehead atoms. The van der Waals surface area contributed by atoms with Gasteiger partial charge in [-0.25, -0.2) is 4.39 Å². The zero-order valence-corrected chi connectivity index (χ0v) is 17.7. The molecule has 0 spiro atoms. The topological polar surface area (TPSA) is 72.5 Å². The molecule has 0 saturated heterocycles. The summed E-state index contributed by atoms with van der Waals surface area (Å²) in [5, 5.41) is 2.82. The zero-order valence-electron chi connectivity index (χ0n) is 16.9. The molecule has 0 saturated carbocycles. The Bertz CT molecular complexity index is 1150. The third-order valence-electron chi connectivity index (χ3n) is 5.19. The van der Waals surface area contributed by atoms with Crippen molar-refractivity contribution in [2.24, 2.45) is 0 Å². The molecule has 5 nitrogen and oxygen atoms in total. The Balaban J connectivity index is 1.63. The Kier molecular flexibility index (Phi) is 6.06. The van der Waals surface area contributed by atoms with E-state index in [1.165, 1.54) is 0 Å². The van der Waals surface area contributed by atoms with Crippen LogP contribution in [0.5, 0.6) is 0 Å². The summed E-state index contributed by atoms with van der Waals surface area (Å²) in [7, 11) is 0. The van der Waals surface area contributed by atoms with Crippen molar-refractivity contribution in [2.45, 2.75) is 29.9 Å². The number of halogens is 1. The summed E-state index contributed by atoms with van der Waals surface area (Å²) in [6.45, 7) is 1.90. The normalized spacial score (nSPS) is 15.1. The Morgan fingerprint density at radius 2 is 1.81 bits per heavy atom. The van der Waals surface area contributed by atoms with E-state index in [0.717, 1.165) is 5.56 Å². The van der Waals surface area contributed by atoms with E-state index in [4.69, 9.17) is 0 Å². The highest BCUT2D eigenvalue weighted by molar-refractivity contribution is 7.91. The third kappa shape index (κ3) is 4.06. The van der Waals surface area contributed by atoms with E-state index in [-0.39, 0.29) is 18.4 Å². The van der Waals surface area contributed by atoms with Crippen LogP contribution in [0.4, 0.5) is 10.1 Å². The van der Waals surface area contributed by atoms with E-state index in [0.29, 0.717) is 38.7 Å². The number of benzene rings is 3. The number of hydrogen-bond acceptors (Lipinski definition) is 3. The minimum absolute atomic E-state index is 0.245. The summed E-state index contributed by atoms with van der Waals surface area (Å²) in [6.07, 6.45) is 0. The molecule has 1 unspecified atom stereocenters. The number of nitrogens with one attached hydrogen (secondary N) is 1. The molecule has 1 aliphatic heterocycles. The number of carbonyl (C=O) groups excluding carboxylic acids is 2. The molecule has 4 rings (SSSR count). The molecule has 1 heterocycles. The molecule has 2 amide bonds. The number of alkyl halides is 1. The van der Waals surface area contributed by atoms with Gasteiger partial charge in [-0.2, -0.15) is 0 Å². The molecule has 1 aliphatic rings. The highest BCUT2D eigenvalue weighted by Gasteiger charge is 2.35. The summed E-state index contributed by atoms with van der Waals surface area (Å²) in [6, 6.07) is 18.7. The standard InChI is InChI=1S/C24H21FN2O3S/c1-2-27-20-13-18(23(28)26-15-17-7-5-6-16(12-17)14-25)10-11-22(20)31(30)21-9-4-3-8-19(21)24(27)29/h3-13H,2,14-15H2,1H3,(H,26,28). The first-order chi connectivity index (χ1) is 15.0. The van der Waals surface area contributed by atoms with Gasteiger partial charge in [-0.15, -0.1) is 0 Å². The Morgan fingerprint density at radius 3 is 2.58 bits per heavy atom. The van der Waals surface area contributed by atoms with Gasteiger partial charge in [0.25, 0.3) is 11.8 Å². The van der Waals surface area contributed by atoms with Crippen LogP contribution in [0.1, 0.15) is 38.8 Å². The van der Waals surface area contributed by atoms with Gasteiger partial charge in [0.15, 0.2) is 9.79 Å². The van der Waals surface area contributed by atoms with Crippen LogP contribution >= 0.6 is 0 Å². The predicted molar refractivity (Wildman–Crippen MR) is 117 cm³/mol. The lowest BCUT2D eigenvalue weighted by Gasteiger charge is -2.20. The highest BCUT2D eigenvalue weighted by Crippen LogP contribution is 2.37. The monoisotopic (exact) mass is 436 g/mol. The maximum atomic E-state index is 13.2. The van der Waals surface area contributed by atoms with Crippen LogP contribution in [-0.4, -0.2) is 22.9 Å². The lowest BCUT2D eigenvalue weighted by atomic mass is 10.1. The van der Waals surface area contributed by atoms with Crippen LogP contribution < -0.4 is 10.2 Å². The number of anilines is 1. The summed E-state index contributed by atoms with van der Waals surface area (Å²) < 4.78 is 26.0. The van der Waals surface area contributed by atoms with Crippen LogP contribution in [0.2, 0.25) is 0 Å². The molecule has 0 aliphatic carbocycles. The van der Waals surface area contributed by atoms with E-state index in [1.54, 1.807) is 65.6 Å². The average molecular weight is 437 g/mol. The van der Waals surface area contributed by atoms with Gasteiger partial charge in [0.2, 0.25) is 0 Å². The Labute approximate surface area is 183 Å². The van der Waals surface area contributed by atoms with Crippen molar-refractivity contribution >= 4 is 28.7 Å². The molecule has 158 valence electrons. The number of carbonyl (C=O) groups is 2. The van der Waals surface area contributed by atoms with Gasteiger partial charge in [0.05, 0.1) is 5.56 Å². The van der Waals surface area contributed by atoms with Gasteiger partial charge >= 0.3 is 0 Å². The zero-order chi connectivity index (χ0) is 22.0. The molecule has 1 N–H and O–H groups in total. The van der Waals surface area contributed by atoms with E-state index in [1.807, 2.05) is 13.0 Å². The maximum absolute atomic E-state index is 13.2. The second-order valence-corrected chi connectivity index (χ2v) is 8.55. The number of hydrogen-bond donors (Lipinski definition) is 1. The Hall–Kier alpha value is -3.16. The molecule has 7 heteroatoms. The molecule has 0 fully saturated rings. The van der Waals surface area contributed by atoms with Crippen LogP contribution in [-0.2, 0) is 24.4 Å². The second kappa shape index (κ2) is 8.91. The number of nitrogens with zero attached hydrogens (tertiary/aromatic N) is 1. The fourth-order valence-electron chi connectivity index (χ4n) is 3.63. The number of amides is 2. The van der Waals surface area contributed by atoms with Gasteiger partial charge in [-0.1, -0.05) is 36.4 Å². The fraction of sp³-hybridized carbons (Fsp3) is 0.167. The molecule has 0 aromatic heterocycles. The Morgan fingerprint density at radius 1 is 1.03 bits per heavy atom. The minimum atomic E-state index is -1.54. The van der Waals surface area contributed by atoms with Gasteiger partial charge in [-0.3, -0.25) is 9.59 Å². The summed E-state index contributed by atoms with van der Waals surface area (Å²) in [4.78, 5) is 28.3. The smallest absolute Gasteiger partial charge is 0.263 e. The largest absolute Gasteiger partial charge is 0.606 e. The number of fused-ring (bicyclic) bond motifs is 2. The quantitative estimate of drug-likeness (QED) is 0.609. The van der Waals surface area contributed by atoms with Crippen molar-refractivity contribution < 1.29 is 18.5 Å². The van der Waals surface area contributed by atoms with Crippen LogP contribution in [0.25, 0.3) is 0 Å². The van der Waals surface area contributed by atoms with Crippen LogP contribution in [0.3, 0.4) is 0 Å². The van der Waals surface area contributed by atoms with E-state index in [2.05, 4.69) is 5.32 Å². The SMILES string of the molecule is CCN1C(=O)c2ccccc2[S+]([O-])c2ccc(C(=O)NCc3cccc(CF)c3)cc21. The molecular formula is C24H21FN2O3S. The average Bonchev–Trinajstić information content (AvgIpc) is 2.90. The highest BCUT2D eigenvalue weighted by atomic mass is 32.2. The van der Waals surface area contributed by atoms with Gasteiger partial charge in [-0.05, 0) is 48.4 Å². The third-order valence-corrected chi connectivity index (χ3v) is 6.69. The molecule has 31 heavy (non-hydrogen) atoms. The summed E-state index contributed by atoms with van der Waals surface area (Å²) in [5.41, 5.74) is 2.57. The molecule has 1 atom stereocenters. The predicted octanol–water partition coefficient (Wildman–Crippen LogP) is 4.23. The first-order valence-corrected chi connectivity index (χ1v) is 11.1. The van der Waals surface area contributed by atoms with Gasteiger partial charge in [0.1, 0.15) is 12.4 Å². The van der Waals surface area contributed by atoms with Crippen LogP contribution in [0, 0.1) is 0 Å². The van der Waals surface area contributed by atoms with E-state index in [9.17, 15) is 18.5 Å². The van der Waals surface area contributed by atoms with Crippen molar-refractivity contribution in [2.75, 3.05) is 11.4 Å². The lowest BCUT2D eigenvalue weighted by Crippen LogP contribution is -2.31. The summed E-state index contributed by atoms with van der Waals surface area (Å²) >= 11 is -1.54. The van der Waals surface area contributed by atoms with Crippen molar-refractivity contribution in [1.29, 1.82) is 0 Å². The molecule has 3 aromatic rings. The molecule has 0 radical (unpaired) electrons. The van der Waals surface area contributed by atoms with Crippen LogP contribution in [0.15, 0.2) is 76.5 Å². The van der Waals surface area contributed by atoms with Crippen molar-refractivity contribution in [3.63, 3.8) is 0 Å². The van der Waals surface area contributed by atoms with Crippen molar-refractivity contribution in [3.05, 3.63) is 89.0 Å². The first-order valence-electron chi connectivity index (χ1n) is 9.92. The van der Waals surface area contributed by atoms with Crippen molar-refractivity contribution in [1.82, 2.24) is 5.32 Å². The lowest BCUT2D eigenvalue weighted by molar-refractivity contribution is 0.0947. The number of rotatable bonds is 5. The second-order valence-electron chi connectivity index (χ2n) is 7.13. The first kappa shape index (κ1) is 21.1. The van der Waals surface area contributed by atoms with E-state index >= 15 is 0 Å². The van der Waals surface area contributed by atoms with E-state index < -0.39 is 17.9 Å². The minimum Gasteiger partial charge on any atom is -0.606 e. The maximum Gasteiger partial charge on any atom is 0.263 e. The molecule has 3 aromatic carbocycles. The fourth-order valence-corrected chi connectivity index (χ4v) is 4.97. The van der Waals surface area contributed by atoms with Gasteiger partial charge in [0, 0.05) is 29.8 Å². The van der Waals surface area contributed by atoms with Gasteiger partial charge < -0.3 is 14.8 Å². The summed E-state index contributed by atoms with van der Waals surface area (Å²) in [5.74, 6) is -0.574. The van der Waals surface area contributed by atoms with Crippen molar-refractivity contribution in [3.8, 4) is 0 Å². The molecular weight excluding hydrogens is 415 g/mol.